The Hall–Kier alpha value is -1.06. The van der Waals surface area contributed by atoms with Gasteiger partial charge >= 0.3 is 5.97 Å². The topological polar surface area (TPSA) is 66.4 Å². The van der Waals surface area contributed by atoms with Gasteiger partial charge < -0.3 is 10.4 Å². The molecule has 1 amide bonds. The molecule has 0 heterocycles. The second-order valence-corrected chi connectivity index (χ2v) is 6.76. The standard InChI is InChI=1S/C15H27NO3/c1-10(2)11-5-7-12(8-6-11)13(17)16-9-15(3,4)14(18)19/h10-12H,5-9H2,1-4H3,(H,16,17)(H,18,19). The molecular formula is C15H27NO3. The molecule has 19 heavy (non-hydrogen) atoms. The number of carboxylic acid groups (broad SMARTS) is 1. The van der Waals surface area contributed by atoms with E-state index in [4.69, 9.17) is 5.11 Å². The molecule has 0 bridgehead atoms. The van der Waals surface area contributed by atoms with Crippen molar-refractivity contribution >= 4 is 11.9 Å². The maximum absolute atomic E-state index is 12.0. The lowest BCUT2D eigenvalue weighted by Crippen LogP contribution is -2.42. The summed E-state index contributed by atoms with van der Waals surface area (Å²) in [5.74, 6) is 0.641. The molecule has 1 aliphatic rings. The Labute approximate surface area is 116 Å². The first kappa shape index (κ1) is 16.0. The summed E-state index contributed by atoms with van der Waals surface area (Å²) in [7, 11) is 0. The third kappa shape index (κ3) is 4.51. The summed E-state index contributed by atoms with van der Waals surface area (Å²) in [5.41, 5.74) is -0.898. The first-order valence-corrected chi connectivity index (χ1v) is 7.25. The first-order chi connectivity index (χ1) is 8.74. The SMILES string of the molecule is CC(C)C1CCC(C(=O)NCC(C)(C)C(=O)O)CC1. The van der Waals surface area contributed by atoms with Crippen LogP contribution < -0.4 is 5.32 Å². The van der Waals surface area contributed by atoms with E-state index in [9.17, 15) is 9.59 Å². The summed E-state index contributed by atoms with van der Waals surface area (Å²) in [5, 5.41) is 11.8. The number of hydrogen-bond donors (Lipinski definition) is 2. The van der Waals surface area contributed by atoms with Crippen molar-refractivity contribution in [3.8, 4) is 0 Å². The van der Waals surface area contributed by atoms with Gasteiger partial charge in [-0.1, -0.05) is 13.8 Å². The highest BCUT2D eigenvalue weighted by Gasteiger charge is 2.31. The smallest absolute Gasteiger partial charge is 0.310 e. The predicted octanol–water partition coefficient (Wildman–Crippen LogP) is 2.68. The molecule has 0 saturated heterocycles. The number of amides is 1. The molecule has 4 nitrogen and oxygen atoms in total. The van der Waals surface area contributed by atoms with Gasteiger partial charge in [0.2, 0.25) is 5.91 Å². The van der Waals surface area contributed by atoms with Crippen LogP contribution in [0.15, 0.2) is 0 Å². The Balaban J connectivity index is 2.38. The summed E-state index contributed by atoms with van der Waals surface area (Å²) in [6, 6.07) is 0. The van der Waals surface area contributed by atoms with Crippen molar-refractivity contribution in [2.45, 2.75) is 53.4 Å². The molecule has 1 rings (SSSR count). The minimum atomic E-state index is -0.898. The Bertz CT molecular complexity index is 328. The van der Waals surface area contributed by atoms with E-state index in [-0.39, 0.29) is 18.4 Å². The number of aliphatic carboxylic acids is 1. The normalized spacial score (nSPS) is 24.3. The molecule has 0 aromatic carbocycles. The van der Waals surface area contributed by atoms with Crippen LogP contribution in [0.4, 0.5) is 0 Å². The molecule has 0 aromatic heterocycles. The maximum atomic E-state index is 12.0. The van der Waals surface area contributed by atoms with E-state index in [2.05, 4.69) is 19.2 Å². The van der Waals surface area contributed by atoms with Gasteiger partial charge in [0.15, 0.2) is 0 Å². The Kier molecular flexibility index (Phi) is 5.39. The van der Waals surface area contributed by atoms with Gasteiger partial charge in [-0.2, -0.15) is 0 Å². The first-order valence-electron chi connectivity index (χ1n) is 7.25. The molecule has 1 saturated carbocycles. The quantitative estimate of drug-likeness (QED) is 0.806. The zero-order valence-corrected chi connectivity index (χ0v) is 12.5. The van der Waals surface area contributed by atoms with Crippen molar-refractivity contribution < 1.29 is 14.7 Å². The van der Waals surface area contributed by atoms with Crippen LogP contribution >= 0.6 is 0 Å². The average molecular weight is 269 g/mol. The van der Waals surface area contributed by atoms with E-state index < -0.39 is 11.4 Å². The number of carbonyl (C=O) groups excluding carboxylic acids is 1. The largest absolute Gasteiger partial charge is 0.481 e. The summed E-state index contributed by atoms with van der Waals surface area (Å²) in [4.78, 5) is 23.0. The molecule has 0 spiro atoms. The van der Waals surface area contributed by atoms with Gasteiger partial charge in [0.25, 0.3) is 0 Å². The van der Waals surface area contributed by atoms with Crippen molar-refractivity contribution in [3.63, 3.8) is 0 Å². The molecule has 0 aliphatic heterocycles. The number of nitrogens with one attached hydrogen (secondary N) is 1. The second-order valence-electron chi connectivity index (χ2n) is 6.76. The van der Waals surface area contributed by atoms with E-state index in [1.54, 1.807) is 13.8 Å². The molecule has 0 atom stereocenters. The third-order valence-corrected chi connectivity index (χ3v) is 4.37. The maximum Gasteiger partial charge on any atom is 0.310 e. The van der Waals surface area contributed by atoms with Gasteiger partial charge in [-0.05, 0) is 51.4 Å². The lowest BCUT2D eigenvalue weighted by atomic mass is 9.76. The van der Waals surface area contributed by atoms with E-state index >= 15 is 0 Å². The highest BCUT2D eigenvalue weighted by Crippen LogP contribution is 2.33. The molecule has 2 N–H and O–H groups in total. The summed E-state index contributed by atoms with van der Waals surface area (Å²) in [6.45, 7) is 7.93. The molecular weight excluding hydrogens is 242 g/mol. The van der Waals surface area contributed by atoms with Gasteiger partial charge in [-0.25, -0.2) is 0 Å². The van der Waals surface area contributed by atoms with E-state index in [1.165, 1.54) is 0 Å². The van der Waals surface area contributed by atoms with Crippen LogP contribution in [0.2, 0.25) is 0 Å². The number of rotatable bonds is 5. The molecule has 4 heteroatoms. The number of carboxylic acids is 1. The Morgan fingerprint density at radius 1 is 1.21 bits per heavy atom. The lowest BCUT2D eigenvalue weighted by molar-refractivity contribution is -0.147. The fourth-order valence-electron chi connectivity index (χ4n) is 2.58. The summed E-state index contributed by atoms with van der Waals surface area (Å²) < 4.78 is 0. The zero-order chi connectivity index (χ0) is 14.6. The average Bonchev–Trinajstić information content (AvgIpc) is 2.36. The highest BCUT2D eigenvalue weighted by molar-refractivity contribution is 5.80. The number of carbonyl (C=O) groups is 2. The summed E-state index contributed by atoms with van der Waals surface area (Å²) in [6.07, 6.45) is 4.08. The van der Waals surface area contributed by atoms with Crippen molar-refractivity contribution in [3.05, 3.63) is 0 Å². The number of hydrogen-bond acceptors (Lipinski definition) is 2. The van der Waals surface area contributed by atoms with E-state index in [0.29, 0.717) is 5.92 Å². The van der Waals surface area contributed by atoms with Crippen LogP contribution in [-0.4, -0.2) is 23.5 Å². The van der Waals surface area contributed by atoms with Crippen LogP contribution in [-0.2, 0) is 9.59 Å². The minimum Gasteiger partial charge on any atom is -0.481 e. The van der Waals surface area contributed by atoms with Crippen LogP contribution in [0.1, 0.15) is 53.4 Å². The van der Waals surface area contributed by atoms with Crippen molar-refractivity contribution in [1.29, 1.82) is 0 Å². The van der Waals surface area contributed by atoms with Gasteiger partial charge in [0.1, 0.15) is 0 Å². The molecule has 0 aromatic rings. The van der Waals surface area contributed by atoms with E-state index in [1.807, 2.05) is 0 Å². The van der Waals surface area contributed by atoms with Gasteiger partial charge in [-0.15, -0.1) is 0 Å². The molecule has 1 fully saturated rings. The van der Waals surface area contributed by atoms with Gasteiger partial charge in [-0.3, -0.25) is 9.59 Å². The van der Waals surface area contributed by atoms with Crippen molar-refractivity contribution in [2.75, 3.05) is 6.54 Å². The molecule has 1 aliphatic carbocycles. The van der Waals surface area contributed by atoms with Crippen LogP contribution in [0.5, 0.6) is 0 Å². The highest BCUT2D eigenvalue weighted by atomic mass is 16.4. The van der Waals surface area contributed by atoms with Gasteiger partial charge in [0, 0.05) is 12.5 Å². The fourth-order valence-corrected chi connectivity index (χ4v) is 2.58. The van der Waals surface area contributed by atoms with Crippen molar-refractivity contribution in [2.24, 2.45) is 23.2 Å². The van der Waals surface area contributed by atoms with Crippen LogP contribution in [0, 0.1) is 23.2 Å². The van der Waals surface area contributed by atoms with Gasteiger partial charge in [0.05, 0.1) is 5.41 Å². The lowest BCUT2D eigenvalue weighted by Gasteiger charge is -2.30. The monoisotopic (exact) mass is 269 g/mol. The molecule has 110 valence electrons. The van der Waals surface area contributed by atoms with Crippen LogP contribution in [0.3, 0.4) is 0 Å². The predicted molar refractivity (Wildman–Crippen MR) is 74.7 cm³/mol. The second kappa shape index (κ2) is 6.40. The van der Waals surface area contributed by atoms with Crippen LogP contribution in [0.25, 0.3) is 0 Å². The molecule has 0 radical (unpaired) electrons. The zero-order valence-electron chi connectivity index (χ0n) is 12.5. The minimum absolute atomic E-state index is 0.0246. The Morgan fingerprint density at radius 2 is 1.74 bits per heavy atom. The summed E-state index contributed by atoms with van der Waals surface area (Å²) >= 11 is 0. The molecule has 0 unspecified atom stereocenters. The fraction of sp³-hybridized carbons (Fsp3) is 0.867. The van der Waals surface area contributed by atoms with E-state index in [0.717, 1.165) is 31.6 Å². The van der Waals surface area contributed by atoms with Crippen molar-refractivity contribution in [1.82, 2.24) is 5.32 Å². The Morgan fingerprint density at radius 3 is 2.16 bits per heavy atom. The third-order valence-electron chi connectivity index (χ3n) is 4.37.